The number of benzene rings is 2. The molecule has 0 fully saturated rings. The molecular formula is C18H12ClN3OS2. The standard InChI is InChI=1S/C18H12ClN3OS2/c19-13-6-8-14(9-7-13)22-11-20-16-15(17(22)23)25-18(21-16)24-10-12-4-2-1-3-5-12/h1-9,11H,10H2. The molecule has 0 radical (unpaired) electrons. The van der Waals surface area contributed by atoms with Crippen LogP contribution in [0.2, 0.25) is 5.02 Å². The minimum atomic E-state index is -0.114. The van der Waals surface area contributed by atoms with Gasteiger partial charge in [0.15, 0.2) is 9.99 Å². The van der Waals surface area contributed by atoms with E-state index in [1.165, 1.54) is 27.8 Å². The van der Waals surface area contributed by atoms with Crippen LogP contribution in [-0.4, -0.2) is 14.5 Å². The van der Waals surface area contributed by atoms with Crippen LogP contribution < -0.4 is 5.56 Å². The van der Waals surface area contributed by atoms with Crippen molar-refractivity contribution in [3.8, 4) is 5.69 Å². The molecule has 2 aromatic heterocycles. The second-order valence-corrected chi connectivity index (χ2v) is 7.96. The van der Waals surface area contributed by atoms with Crippen LogP contribution in [0.5, 0.6) is 0 Å². The first kappa shape index (κ1) is 16.3. The molecule has 0 aliphatic heterocycles. The Balaban J connectivity index is 1.65. The number of fused-ring (bicyclic) bond motifs is 1. The molecule has 0 aliphatic rings. The molecule has 25 heavy (non-hydrogen) atoms. The molecule has 2 heterocycles. The van der Waals surface area contributed by atoms with Crippen molar-refractivity contribution in [2.45, 2.75) is 10.1 Å². The fourth-order valence-corrected chi connectivity index (χ4v) is 4.46. The van der Waals surface area contributed by atoms with Gasteiger partial charge < -0.3 is 0 Å². The van der Waals surface area contributed by atoms with Crippen LogP contribution in [-0.2, 0) is 5.75 Å². The highest BCUT2D eigenvalue weighted by atomic mass is 35.5. The van der Waals surface area contributed by atoms with Gasteiger partial charge in [0.2, 0.25) is 0 Å². The maximum Gasteiger partial charge on any atom is 0.277 e. The van der Waals surface area contributed by atoms with Gasteiger partial charge in [-0.2, -0.15) is 0 Å². The number of nitrogens with zero attached hydrogens (tertiary/aromatic N) is 3. The normalized spacial score (nSPS) is 11.1. The molecule has 0 N–H and O–H groups in total. The van der Waals surface area contributed by atoms with Crippen LogP contribution in [0.25, 0.3) is 16.0 Å². The van der Waals surface area contributed by atoms with E-state index < -0.39 is 0 Å². The van der Waals surface area contributed by atoms with Crippen LogP contribution in [0.1, 0.15) is 5.56 Å². The average molecular weight is 386 g/mol. The second kappa shape index (κ2) is 7.00. The third-order valence-electron chi connectivity index (χ3n) is 3.61. The molecule has 0 bridgehead atoms. The summed E-state index contributed by atoms with van der Waals surface area (Å²) in [5, 5.41) is 0.628. The van der Waals surface area contributed by atoms with Crippen molar-refractivity contribution in [2.24, 2.45) is 0 Å². The summed E-state index contributed by atoms with van der Waals surface area (Å²) in [7, 11) is 0. The zero-order valence-electron chi connectivity index (χ0n) is 12.9. The van der Waals surface area contributed by atoms with Crippen molar-refractivity contribution >= 4 is 45.0 Å². The average Bonchev–Trinajstić information content (AvgIpc) is 3.06. The molecule has 0 saturated carbocycles. The molecular weight excluding hydrogens is 374 g/mol. The van der Waals surface area contributed by atoms with Crippen LogP contribution in [0.15, 0.2) is 70.1 Å². The lowest BCUT2D eigenvalue weighted by atomic mass is 10.2. The molecule has 0 spiro atoms. The number of rotatable bonds is 4. The third kappa shape index (κ3) is 3.46. The van der Waals surface area contributed by atoms with Gasteiger partial charge in [-0.1, -0.05) is 53.7 Å². The van der Waals surface area contributed by atoms with Crippen LogP contribution in [0.4, 0.5) is 0 Å². The van der Waals surface area contributed by atoms with Gasteiger partial charge in [-0.15, -0.1) is 11.3 Å². The Kier molecular flexibility index (Phi) is 4.57. The van der Waals surface area contributed by atoms with E-state index in [-0.39, 0.29) is 5.56 Å². The Morgan fingerprint density at radius 1 is 1.08 bits per heavy atom. The zero-order valence-corrected chi connectivity index (χ0v) is 15.3. The van der Waals surface area contributed by atoms with E-state index in [0.717, 1.165) is 15.8 Å². The van der Waals surface area contributed by atoms with Gasteiger partial charge in [0, 0.05) is 10.8 Å². The van der Waals surface area contributed by atoms with Crippen molar-refractivity contribution < 1.29 is 0 Å². The fourth-order valence-electron chi connectivity index (χ4n) is 2.36. The molecule has 0 unspecified atom stereocenters. The first-order valence-electron chi connectivity index (χ1n) is 7.51. The van der Waals surface area contributed by atoms with Crippen LogP contribution >= 0.6 is 34.7 Å². The Morgan fingerprint density at radius 3 is 2.60 bits per heavy atom. The SMILES string of the molecule is O=c1c2sc(SCc3ccccc3)nc2ncn1-c1ccc(Cl)cc1. The van der Waals surface area contributed by atoms with Gasteiger partial charge >= 0.3 is 0 Å². The van der Waals surface area contributed by atoms with E-state index in [0.29, 0.717) is 15.4 Å². The predicted molar refractivity (Wildman–Crippen MR) is 104 cm³/mol. The lowest BCUT2D eigenvalue weighted by Crippen LogP contribution is -2.17. The molecule has 0 amide bonds. The molecule has 4 aromatic rings. The molecule has 7 heteroatoms. The molecule has 4 rings (SSSR count). The third-order valence-corrected chi connectivity index (χ3v) is 6.11. The molecule has 124 valence electrons. The van der Waals surface area contributed by atoms with E-state index in [1.54, 1.807) is 36.0 Å². The van der Waals surface area contributed by atoms with Gasteiger partial charge in [0.05, 0.1) is 5.69 Å². The second-order valence-electron chi connectivity index (χ2n) is 5.30. The largest absolute Gasteiger partial charge is 0.277 e. The van der Waals surface area contributed by atoms with Gasteiger partial charge in [0.25, 0.3) is 5.56 Å². The molecule has 2 aromatic carbocycles. The number of hydrogen-bond acceptors (Lipinski definition) is 5. The topological polar surface area (TPSA) is 47.8 Å². The lowest BCUT2D eigenvalue weighted by Gasteiger charge is -2.04. The van der Waals surface area contributed by atoms with Crippen molar-refractivity contribution in [1.29, 1.82) is 0 Å². The van der Waals surface area contributed by atoms with E-state index in [9.17, 15) is 4.79 Å². The number of aromatic nitrogens is 3. The lowest BCUT2D eigenvalue weighted by molar-refractivity contribution is 0.960. The summed E-state index contributed by atoms with van der Waals surface area (Å²) in [5.41, 5.74) is 2.33. The van der Waals surface area contributed by atoms with Crippen molar-refractivity contribution in [3.05, 3.63) is 81.9 Å². The van der Waals surface area contributed by atoms with Crippen LogP contribution in [0.3, 0.4) is 0 Å². The van der Waals surface area contributed by atoms with Gasteiger partial charge in [-0.05, 0) is 29.8 Å². The predicted octanol–water partition coefficient (Wildman–Crippen LogP) is 4.79. The minimum absolute atomic E-state index is 0.114. The minimum Gasteiger partial charge on any atom is -0.267 e. The highest BCUT2D eigenvalue weighted by Gasteiger charge is 2.12. The maximum absolute atomic E-state index is 12.8. The van der Waals surface area contributed by atoms with Crippen molar-refractivity contribution in [3.63, 3.8) is 0 Å². The monoisotopic (exact) mass is 385 g/mol. The summed E-state index contributed by atoms with van der Waals surface area (Å²) >= 11 is 8.91. The Labute approximate surface area is 157 Å². The maximum atomic E-state index is 12.8. The Morgan fingerprint density at radius 2 is 1.84 bits per heavy atom. The fraction of sp³-hybridized carbons (Fsp3) is 0.0556. The first-order chi connectivity index (χ1) is 12.2. The van der Waals surface area contributed by atoms with E-state index in [1.807, 2.05) is 18.2 Å². The summed E-state index contributed by atoms with van der Waals surface area (Å²) in [4.78, 5) is 21.6. The number of thioether (sulfide) groups is 1. The Bertz CT molecular complexity index is 1080. The smallest absolute Gasteiger partial charge is 0.267 e. The summed E-state index contributed by atoms with van der Waals surface area (Å²) in [6, 6.07) is 17.3. The summed E-state index contributed by atoms with van der Waals surface area (Å²) in [6.07, 6.45) is 1.51. The van der Waals surface area contributed by atoms with E-state index in [4.69, 9.17) is 11.6 Å². The number of halogens is 1. The number of thiazole rings is 1. The van der Waals surface area contributed by atoms with Crippen molar-refractivity contribution in [1.82, 2.24) is 14.5 Å². The van der Waals surface area contributed by atoms with Crippen LogP contribution in [0, 0.1) is 0 Å². The molecule has 0 saturated heterocycles. The summed E-state index contributed by atoms with van der Waals surface area (Å²) in [6.45, 7) is 0. The molecule has 4 nitrogen and oxygen atoms in total. The van der Waals surface area contributed by atoms with Gasteiger partial charge in [-0.3, -0.25) is 9.36 Å². The first-order valence-corrected chi connectivity index (χ1v) is 9.69. The highest BCUT2D eigenvalue weighted by Crippen LogP contribution is 2.29. The highest BCUT2D eigenvalue weighted by molar-refractivity contribution is 8.00. The zero-order chi connectivity index (χ0) is 17.2. The summed E-state index contributed by atoms with van der Waals surface area (Å²) in [5.74, 6) is 0.812. The Hall–Kier alpha value is -2.15. The van der Waals surface area contributed by atoms with Crippen molar-refractivity contribution in [2.75, 3.05) is 0 Å². The quantitative estimate of drug-likeness (QED) is 0.474. The van der Waals surface area contributed by atoms with E-state index >= 15 is 0 Å². The number of hydrogen-bond donors (Lipinski definition) is 0. The summed E-state index contributed by atoms with van der Waals surface area (Å²) < 4.78 is 2.92. The van der Waals surface area contributed by atoms with E-state index in [2.05, 4.69) is 22.1 Å². The molecule has 0 aliphatic carbocycles. The molecule has 0 atom stereocenters. The van der Waals surface area contributed by atoms with Gasteiger partial charge in [0.1, 0.15) is 11.0 Å². The van der Waals surface area contributed by atoms with Gasteiger partial charge in [-0.25, -0.2) is 9.97 Å².